The maximum atomic E-state index is 6.58. The van der Waals surface area contributed by atoms with Gasteiger partial charge in [0.05, 0.1) is 31.7 Å². The molecule has 0 radical (unpaired) electrons. The first-order valence-corrected chi connectivity index (χ1v) is 15.5. The molecule has 0 bridgehead atoms. The lowest BCUT2D eigenvalue weighted by Crippen LogP contribution is -2.29. The summed E-state index contributed by atoms with van der Waals surface area (Å²) in [5.41, 5.74) is 0.787. The van der Waals surface area contributed by atoms with E-state index in [-0.39, 0.29) is 6.79 Å². The first-order chi connectivity index (χ1) is 21.4. The summed E-state index contributed by atoms with van der Waals surface area (Å²) in [5.74, 6) is 4.01. The number of likely N-dealkylation sites (tertiary alicyclic amines) is 1. The number of hydrogen-bond acceptors (Lipinski definition) is 10. The van der Waals surface area contributed by atoms with Crippen LogP contribution in [0.3, 0.4) is 0 Å². The van der Waals surface area contributed by atoms with Gasteiger partial charge in [-0.1, -0.05) is 0 Å². The normalized spacial score (nSPS) is 14.9. The minimum Gasteiger partial charge on any atom is -0.493 e. The highest BCUT2D eigenvalue weighted by atomic mass is 16.7. The molecule has 2 aliphatic rings. The van der Waals surface area contributed by atoms with Crippen molar-refractivity contribution in [2.45, 2.75) is 19.3 Å². The number of benzene rings is 3. The van der Waals surface area contributed by atoms with E-state index in [1.54, 1.807) is 14.2 Å². The smallest absolute Gasteiger partial charge is 0.231 e. The third-order valence-electron chi connectivity index (χ3n) is 8.52. The molecule has 0 N–H and O–H groups in total. The average Bonchev–Trinajstić information content (AvgIpc) is 3.72. The Morgan fingerprint density at radius 2 is 1.50 bits per heavy atom. The maximum Gasteiger partial charge on any atom is 0.231 e. The number of methoxy groups -OCH3 is 2. The van der Waals surface area contributed by atoms with Gasteiger partial charge in [0.1, 0.15) is 12.4 Å². The molecule has 0 spiro atoms. The molecule has 0 saturated carbocycles. The van der Waals surface area contributed by atoms with Crippen LogP contribution in [0.15, 0.2) is 30.3 Å². The van der Waals surface area contributed by atoms with Crippen LogP contribution in [0.25, 0.3) is 32.4 Å². The first kappa shape index (κ1) is 30.3. The van der Waals surface area contributed by atoms with Crippen LogP contribution in [0, 0.1) is 0 Å². The maximum absolute atomic E-state index is 6.58. The number of rotatable bonds is 14. The molecular weight excluding hydrogens is 560 g/mol. The second kappa shape index (κ2) is 13.5. The molecule has 6 rings (SSSR count). The second-order valence-corrected chi connectivity index (χ2v) is 11.9. The van der Waals surface area contributed by atoms with Crippen molar-refractivity contribution in [3.8, 4) is 34.6 Å². The summed E-state index contributed by atoms with van der Waals surface area (Å²) in [7, 11) is 9.65. The Morgan fingerprint density at radius 1 is 0.773 bits per heavy atom. The summed E-state index contributed by atoms with van der Waals surface area (Å²) < 4.78 is 36.0. The molecule has 10 nitrogen and oxygen atoms in total. The van der Waals surface area contributed by atoms with Crippen molar-refractivity contribution in [2.24, 2.45) is 0 Å². The quantitative estimate of drug-likeness (QED) is 0.145. The van der Waals surface area contributed by atoms with Crippen LogP contribution in [0.2, 0.25) is 0 Å². The standard InChI is InChI=1S/C34H44N4O6/c1-36(2)12-13-37(3)9-8-15-41-31-18-23-17-29-30(44-22-43-29)19-24(23)33-32(31)25-20-27(39-4)28(40-5)21-26(25)34(35-33)42-16-14-38-10-6-7-11-38/h17-21H,6-16,22H2,1-5H3. The van der Waals surface area contributed by atoms with Crippen LogP contribution in [0.1, 0.15) is 19.3 Å². The molecule has 1 fully saturated rings. The first-order valence-electron chi connectivity index (χ1n) is 15.5. The van der Waals surface area contributed by atoms with Gasteiger partial charge in [0.2, 0.25) is 12.7 Å². The van der Waals surface area contributed by atoms with Crippen molar-refractivity contribution in [1.82, 2.24) is 19.7 Å². The zero-order valence-corrected chi connectivity index (χ0v) is 26.6. The highest BCUT2D eigenvalue weighted by Crippen LogP contribution is 2.46. The van der Waals surface area contributed by atoms with E-state index in [0.717, 1.165) is 89.6 Å². The van der Waals surface area contributed by atoms with E-state index in [4.69, 9.17) is 33.4 Å². The molecule has 236 valence electrons. The van der Waals surface area contributed by atoms with Gasteiger partial charge < -0.3 is 38.2 Å². The number of ether oxygens (including phenoxy) is 6. The van der Waals surface area contributed by atoms with Gasteiger partial charge in [-0.2, -0.15) is 0 Å². The van der Waals surface area contributed by atoms with Crippen LogP contribution < -0.4 is 28.4 Å². The van der Waals surface area contributed by atoms with Gasteiger partial charge in [-0.3, -0.25) is 4.90 Å². The minimum atomic E-state index is 0.201. The van der Waals surface area contributed by atoms with E-state index in [9.17, 15) is 0 Å². The molecule has 1 saturated heterocycles. The Bertz CT molecular complexity index is 1620. The van der Waals surface area contributed by atoms with E-state index in [2.05, 4.69) is 41.9 Å². The summed E-state index contributed by atoms with van der Waals surface area (Å²) in [6.45, 7) is 7.38. The SMILES string of the molecule is COc1cc2c(OCCN3CCCC3)nc3c4cc5c(cc4cc(OCCCN(C)CCN(C)C)c3c2cc1OC)OCO5. The van der Waals surface area contributed by atoms with Crippen molar-refractivity contribution in [3.05, 3.63) is 30.3 Å². The highest BCUT2D eigenvalue weighted by molar-refractivity contribution is 6.20. The van der Waals surface area contributed by atoms with Crippen molar-refractivity contribution in [3.63, 3.8) is 0 Å². The second-order valence-electron chi connectivity index (χ2n) is 11.9. The molecule has 0 amide bonds. The number of nitrogens with zero attached hydrogens (tertiary/aromatic N) is 4. The molecule has 0 atom stereocenters. The predicted octanol–water partition coefficient (Wildman–Crippen LogP) is 5.02. The molecule has 4 aromatic rings. The number of likely N-dealkylation sites (N-methyl/N-ethyl adjacent to an activating group) is 2. The fourth-order valence-corrected chi connectivity index (χ4v) is 6.05. The minimum absolute atomic E-state index is 0.201. The average molecular weight is 605 g/mol. The lowest BCUT2D eigenvalue weighted by atomic mass is 9.99. The van der Waals surface area contributed by atoms with E-state index in [0.29, 0.717) is 36.3 Å². The topological polar surface area (TPSA) is 78.0 Å². The van der Waals surface area contributed by atoms with E-state index in [1.165, 1.54) is 12.8 Å². The van der Waals surface area contributed by atoms with E-state index in [1.807, 2.05) is 24.3 Å². The van der Waals surface area contributed by atoms with E-state index < -0.39 is 0 Å². The largest absolute Gasteiger partial charge is 0.493 e. The van der Waals surface area contributed by atoms with Crippen molar-refractivity contribution in [2.75, 3.05) is 94.6 Å². The van der Waals surface area contributed by atoms with Crippen LogP contribution in [0.5, 0.6) is 34.6 Å². The molecule has 0 aliphatic carbocycles. The summed E-state index contributed by atoms with van der Waals surface area (Å²) in [4.78, 5) is 12.2. The fraction of sp³-hybridized carbons (Fsp3) is 0.500. The zero-order chi connectivity index (χ0) is 30.6. The summed E-state index contributed by atoms with van der Waals surface area (Å²) >= 11 is 0. The molecule has 0 unspecified atom stereocenters. The van der Waals surface area contributed by atoms with Crippen LogP contribution in [-0.2, 0) is 0 Å². The van der Waals surface area contributed by atoms with Gasteiger partial charge >= 0.3 is 0 Å². The third-order valence-corrected chi connectivity index (χ3v) is 8.52. The Labute approximate surface area is 259 Å². The fourth-order valence-electron chi connectivity index (χ4n) is 6.05. The number of pyridine rings is 1. The summed E-state index contributed by atoms with van der Waals surface area (Å²) in [6.07, 6.45) is 3.38. The monoisotopic (exact) mass is 604 g/mol. The van der Waals surface area contributed by atoms with Gasteiger partial charge in [-0.15, -0.1) is 0 Å². The van der Waals surface area contributed by atoms with E-state index >= 15 is 0 Å². The molecule has 3 heterocycles. The Kier molecular flexibility index (Phi) is 9.30. The Morgan fingerprint density at radius 3 is 2.23 bits per heavy atom. The third kappa shape index (κ3) is 6.38. The van der Waals surface area contributed by atoms with Gasteiger partial charge in [0.15, 0.2) is 23.0 Å². The van der Waals surface area contributed by atoms with Gasteiger partial charge in [-0.25, -0.2) is 4.98 Å². The lowest BCUT2D eigenvalue weighted by molar-refractivity contribution is 0.174. The molecule has 1 aromatic heterocycles. The molecule has 44 heavy (non-hydrogen) atoms. The summed E-state index contributed by atoms with van der Waals surface area (Å²) in [6, 6.07) is 10.1. The van der Waals surface area contributed by atoms with Gasteiger partial charge in [-0.05, 0) is 89.2 Å². The molecular formula is C34H44N4O6. The van der Waals surface area contributed by atoms with Crippen molar-refractivity contribution >= 4 is 32.4 Å². The van der Waals surface area contributed by atoms with Crippen molar-refractivity contribution in [1.29, 1.82) is 0 Å². The van der Waals surface area contributed by atoms with Crippen molar-refractivity contribution < 1.29 is 28.4 Å². The van der Waals surface area contributed by atoms with Crippen LogP contribution in [-0.4, -0.2) is 114 Å². The molecule has 3 aromatic carbocycles. The Hall–Kier alpha value is -3.73. The Balaban J connectivity index is 1.43. The predicted molar refractivity (Wildman–Crippen MR) is 173 cm³/mol. The number of fused-ring (bicyclic) bond motifs is 6. The number of hydrogen-bond donors (Lipinski definition) is 0. The zero-order valence-electron chi connectivity index (χ0n) is 26.6. The summed E-state index contributed by atoms with van der Waals surface area (Å²) in [5, 5.41) is 4.60. The van der Waals surface area contributed by atoms with Crippen LogP contribution >= 0.6 is 0 Å². The van der Waals surface area contributed by atoms with Gasteiger partial charge in [0.25, 0.3) is 0 Å². The molecule has 2 aliphatic heterocycles. The highest BCUT2D eigenvalue weighted by Gasteiger charge is 2.23. The van der Waals surface area contributed by atoms with Crippen LogP contribution in [0.4, 0.5) is 0 Å². The lowest BCUT2D eigenvalue weighted by Gasteiger charge is -2.20. The molecule has 10 heteroatoms. The van der Waals surface area contributed by atoms with Gasteiger partial charge in [0, 0.05) is 42.3 Å². The number of aromatic nitrogens is 1.